The lowest BCUT2D eigenvalue weighted by Gasteiger charge is -2.37. The minimum atomic E-state index is -4.49. The number of alkyl halides is 3. The number of unbranched alkanes of at least 4 members (excludes halogenated alkanes) is 1. The SMILES string of the molecule is C=CCN(C(=O)c1cccc(N2CCN(CCCCC3(C(=O)NCC(F)(F)F)c4ccccc4-c4ccccc43)CC2)c1)C1CCCCC1. The highest BCUT2D eigenvalue weighted by Gasteiger charge is 2.49. The number of piperazine rings is 1. The average Bonchev–Trinajstić information content (AvgIpc) is 3.42. The zero-order valence-electron chi connectivity index (χ0n) is 28.2. The predicted octanol–water partition coefficient (Wildman–Crippen LogP) is 7.59. The molecule has 49 heavy (non-hydrogen) atoms. The van der Waals surface area contributed by atoms with Gasteiger partial charge in [0.2, 0.25) is 5.91 Å². The second-order valence-electron chi connectivity index (χ2n) is 13.7. The molecule has 2 fully saturated rings. The van der Waals surface area contributed by atoms with E-state index in [1.54, 1.807) is 0 Å². The van der Waals surface area contributed by atoms with Crippen LogP contribution in [-0.4, -0.2) is 79.6 Å². The molecule has 0 atom stereocenters. The molecule has 1 aliphatic heterocycles. The number of amides is 2. The molecule has 3 aromatic carbocycles. The number of carbonyl (C=O) groups excluding carboxylic acids is 2. The third kappa shape index (κ3) is 7.57. The normalized spacial score (nSPS) is 17.7. The van der Waals surface area contributed by atoms with Gasteiger partial charge >= 0.3 is 6.18 Å². The lowest BCUT2D eigenvalue weighted by atomic mass is 9.73. The van der Waals surface area contributed by atoms with Gasteiger partial charge in [-0.15, -0.1) is 6.58 Å². The van der Waals surface area contributed by atoms with Crippen molar-refractivity contribution >= 4 is 17.5 Å². The summed E-state index contributed by atoms with van der Waals surface area (Å²) in [4.78, 5) is 34.1. The molecular formula is C40H47F3N4O2. The van der Waals surface area contributed by atoms with Gasteiger partial charge in [0.25, 0.3) is 5.91 Å². The van der Waals surface area contributed by atoms with E-state index in [1.807, 2.05) is 77.7 Å². The first-order chi connectivity index (χ1) is 23.7. The maximum atomic E-state index is 13.8. The third-order valence-corrected chi connectivity index (χ3v) is 10.6. The number of fused-ring (bicyclic) bond motifs is 3. The molecule has 1 N–H and O–H groups in total. The van der Waals surface area contributed by atoms with E-state index in [-0.39, 0.29) is 11.9 Å². The molecule has 3 aromatic rings. The van der Waals surface area contributed by atoms with E-state index < -0.39 is 24.0 Å². The zero-order chi connectivity index (χ0) is 34.4. The van der Waals surface area contributed by atoms with Crippen LogP contribution in [0.3, 0.4) is 0 Å². The summed E-state index contributed by atoms with van der Waals surface area (Å²) in [6, 6.07) is 23.5. The van der Waals surface area contributed by atoms with Crippen molar-refractivity contribution in [3.63, 3.8) is 0 Å². The molecule has 9 heteroatoms. The predicted molar refractivity (Wildman–Crippen MR) is 189 cm³/mol. The molecule has 0 spiro atoms. The largest absolute Gasteiger partial charge is 0.405 e. The van der Waals surface area contributed by atoms with E-state index >= 15 is 0 Å². The van der Waals surface area contributed by atoms with Gasteiger partial charge in [-0.1, -0.05) is 86.4 Å². The zero-order valence-corrected chi connectivity index (χ0v) is 28.2. The second-order valence-corrected chi connectivity index (χ2v) is 13.7. The van der Waals surface area contributed by atoms with Crippen molar-refractivity contribution in [3.8, 4) is 11.1 Å². The van der Waals surface area contributed by atoms with E-state index in [4.69, 9.17) is 0 Å². The number of benzene rings is 3. The standard InChI is InChI=1S/C40H47F3N4O2/c1-2-22-47(31-14-4-3-5-15-31)37(48)30-13-12-16-32(28-30)46-26-24-45(25-27-46)23-11-10-21-39(38(49)44-29-40(41,42)43)35-19-8-6-17-33(35)34-18-7-9-20-36(34)39/h2,6-9,12-13,16-20,28,31H,1,3-5,10-11,14-15,21-27,29H2,(H,44,49). The highest BCUT2D eigenvalue weighted by molar-refractivity contribution is 6.00. The third-order valence-electron chi connectivity index (χ3n) is 10.6. The fourth-order valence-electron chi connectivity index (χ4n) is 8.17. The lowest BCUT2D eigenvalue weighted by molar-refractivity contribution is -0.141. The minimum absolute atomic E-state index is 0.0738. The number of hydrogen-bond donors (Lipinski definition) is 1. The van der Waals surface area contributed by atoms with Crippen molar-refractivity contribution in [1.29, 1.82) is 0 Å². The molecule has 1 heterocycles. The van der Waals surface area contributed by atoms with Crippen molar-refractivity contribution in [2.45, 2.75) is 69.0 Å². The minimum Gasteiger partial charge on any atom is -0.369 e. The Morgan fingerprint density at radius 3 is 2.16 bits per heavy atom. The van der Waals surface area contributed by atoms with Crippen molar-refractivity contribution in [2.75, 3.05) is 50.7 Å². The van der Waals surface area contributed by atoms with E-state index in [1.165, 1.54) is 6.42 Å². The highest BCUT2D eigenvalue weighted by atomic mass is 19.4. The number of rotatable bonds is 12. The van der Waals surface area contributed by atoms with Crippen LogP contribution in [0.5, 0.6) is 0 Å². The van der Waals surface area contributed by atoms with Crippen molar-refractivity contribution in [1.82, 2.24) is 15.1 Å². The molecule has 0 radical (unpaired) electrons. The first-order valence-electron chi connectivity index (χ1n) is 17.7. The summed E-state index contributed by atoms with van der Waals surface area (Å²) in [6.45, 7) is 7.35. The molecule has 0 unspecified atom stereocenters. The molecule has 2 amide bonds. The highest BCUT2D eigenvalue weighted by Crippen LogP contribution is 2.51. The van der Waals surface area contributed by atoms with Crippen LogP contribution in [0.25, 0.3) is 11.1 Å². The van der Waals surface area contributed by atoms with E-state index in [0.29, 0.717) is 19.4 Å². The van der Waals surface area contributed by atoms with Crippen LogP contribution in [0.1, 0.15) is 72.9 Å². The Hall–Kier alpha value is -4.11. The van der Waals surface area contributed by atoms with Gasteiger partial charge in [-0.3, -0.25) is 14.5 Å². The maximum Gasteiger partial charge on any atom is 0.405 e. The molecule has 3 aliphatic rings. The van der Waals surface area contributed by atoms with Gasteiger partial charge in [0.15, 0.2) is 0 Å². The summed E-state index contributed by atoms with van der Waals surface area (Å²) in [5.41, 5.74) is 3.97. The van der Waals surface area contributed by atoms with Crippen molar-refractivity contribution in [2.24, 2.45) is 0 Å². The van der Waals surface area contributed by atoms with Crippen LogP contribution in [0.15, 0.2) is 85.5 Å². The summed E-state index contributed by atoms with van der Waals surface area (Å²) < 4.78 is 39.6. The van der Waals surface area contributed by atoms with Crippen molar-refractivity contribution in [3.05, 3.63) is 102 Å². The van der Waals surface area contributed by atoms with Gasteiger partial charge in [-0.25, -0.2) is 0 Å². The number of nitrogens with one attached hydrogen (secondary N) is 1. The van der Waals surface area contributed by atoms with E-state index in [0.717, 1.165) is 98.3 Å². The Bertz CT molecular complexity index is 1580. The molecule has 0 aromatic heterocycles. The molecule has 6 rings (SSSR count). The Morgan fingerprint density at radius 2 is 1.53 bits per heavy atom. The molecule has 2 aliphatic carbocycles. The summed E-state index contributed by atoms with van der Waals surface area (Å²) in [7, 11) is 0. The van der Waals surface area contributed by atoms with Gasteiger partial charge in [0.1, 0.15) is 12.0 Å². The van der Waals surface area contributed by atoms with Crippen LogP contribution < -0.4 is 10.2 Å². The quantitative estimate of drug-likeness (QED) is 0.159. The fourth-order valence-corrected chi connectivity index (χ4v) is 8.17. The first kappa shape index (κ1) is 34.7. The number of anilines is 1. The van der Waals surface area contributed by atoms with Crippen LogP contribution in [0, 0.1) is 0 Å². The summed E-state index contributed by atoms with van der Waals surface area (Å²) in [5.74, 6) is -0.521. The summed E-state index contributed by atoms with van der Waals surface area (Å²) in [6.07, 6.45) is 4.93. The van der Waals surface area contributed by atoms with Crippen LogP contribution >= 0.6 is 0 Å². The number of halogens is 3. The molecular weight excluding hydrogens is 625 g/mol. The Morgan fingerprint density at radius 1 is 0.878 bits per heavy atom. The van der Waals surface area contributed by atoms with E-state index in [9.17, 15) is 22.8 Å². The molecule has 1 saturated heterocycles. The van der Waals surface area contributed by atoms with Crippen molar-refractivity contribution < 1.29 is 22.8 Å². The van der Waals surface area contributed by atoms with Gasteiger partial charge in [0, 0.05) is 50.0 Å². The lowest BCUT2D eigenvalue weighted by Crippen LogP contribution is -2.47. The van der Waals surface area contributed by atoms with Gasteiger partial charge in [-0.2, -0.15) is 13.2 Å². The maximum absolute atomic E-state index is 13.8. The number of nitrogens with zero attached hydrogens (tertiary/aromatic N) is 3. The smallest absolute Gasteiger partial charge is 0.369 e. The molecule has 1 saturated carbocycles. The summed E-state index contributed by atoms with van der Waals surface area (Å²) >= 11 is 0. The topological polar surface area (TPSA) is 55.9 Å². The first-order valence-corrected chi connectivity index (χ1v) is 17.7. The average molecular weight is 673 g/mol. The van der Waals surface area contributed by atoms with Crippen LogP contribution in [0.4, 0.5) is 18.9 Å². The Kier molecular flexibility index (Phi) is 10.8. The molecule has 6 nitrogen and oxygen atoms in total. The molecule has 260 valence electrons. The Balaban J connectivity index is 1.07. The van der Waals surface area contributed by atoms with Crippen LogP contribution in [-0.2, 0) is 10.2 Å². The monoisotopic (exact) mass is 672 g/mol. The van der Waals surface area contributed by atoms with Crippen LogP contribution in [0.2, 0.25) is 0 Å². The van der Waals surface area contributed by atoms with Gasteiger partial charge in [-0.05, 0) is 72.7 Å². The number of hydrogen-bond acceptors (Lipinski definition) is 4. The molecule has 0 bridgehead atoms. The fraction of sp³-hybridized carbons (Fsp3) is 0.450. The van der Waals surface area contributed by atoms with Gasteiger partial charge in [0.05, 0.1) is 0 Å². The number of carbonyl (C=O) groups is 2. The Labute approximate surface area is 288 Å². The van der Waals surface area contributed by atoms with Gasteiger partial charge < -0.3 is 15.1 Å². The van der Waals surface area contributed by atoms with E-state index in [2.05, 4.69) is 27.8 Å². The summed E-state index contributed by atoms with van der Waals surface area (Å²) in [5, 5.41) is 2.23. The second kappa shape index (κ2) is 15.2.